The zero-order valence-corrected chi connectivity index (χ0v) is 11.4. The van der Waals surface area contributed by atoms with Crippen LogP contribution in [0.1, 0.15) is 12.0 Å². The highest BCUT2D eigenvalue weighted by Gasteiger charge is 2.04. The lowest BCUT2D eigenvalue weighted by Crippen LogP contribution is -2.08. The number of hydrogen-bond donors (Lipinski definition) is 1. The molecule has 0 saturated heterocycles. The summed E-state index contributed by atoms with van der Waals surface area (Å²) in [5.41, 5.74) is 1.47. The molecule has 0 radical (unpaired) electrons. The lowest BCUT2D eigenvalue weighted by Gasteiger charge is -2.08. The van der Waals surface area contributed by atoms with Gasteiger partial charge >= 0.3 is 0 Å². The minimum absolute atomic E-state index is 0.638. The lowest BCUT2D eigenvalue weighted by molar-refractivity contribution is 0.569. The van der Waals surface area contributed by atoms with Crippen LogP contribution in [0.4, 0.5) is 5.82 Å². The van der Waals surface area contributed by atoms with Crippen molar-refractivity contribution in [3.63, 3.8) is 0 Å². The van der Waals surface area contributed by atoms with Gasteiger partial charge in [-0.1, -0.05) is 23.4 Å². The van der Waals surface area contributed by atoms with Crippen LogP contribution in [0.3, 0.4) is 0 Å². The number of rotatable bonds is 5. The quantitative estimate of drug-likeness (QED) is 0.724. The molecule has 6 nitrogen and oxygen atoms in total. The zero-order valence-electron chi connectivity index (χ0n) is 11.4. The molecule has 0 aliphatic rings. The number of hydrogen-bond acceptors (Lipinski definition) is 5. The van der Waals surface area contributed by atoms with Gasteiger partial charge in [-0.3, -0.25) is 4.68 Å². The molecule has 2 heterocycles. The minimum atomic E-state index is 0.638. The van der Waals surface area contributed by atoms with Gasteiger partial charge in [0.05, 0.1) is 23.3 Å². The van der Waals surface area contributed by atoms with Gasteiger partial charge in [-0.25, -0.2) is 4.98 Å². The first-order valence-electron chi connectivity index (χ1n) is 6.75. The standard InChI is InChI=1S/C15H14N6/c16-11-12-10-15(19-14-5-2-1-4-13(12)14)17-6-3-8-21-9-7-18-20-21/h1-2,4-5,7,9-10H,3,6,8H2,(H,17,19). The van der Waals surface area contributed by atoms with E-state index >= 15 is 0 Å². The number of aryl methyl sites for hydroxylation is 1. The molecular formula is C15H14N6. The Hall–Kier alpha value is -2.94. The number of anilines is 1. The van der Waals surface area contributed by atoms with Crippen molar-refractivity contribution in [3.8, 4) is 6.07 Å². The van der Waals surface area contributed by atoms with Crippen LogP contribution in [0.15, 0.2) is 42.7 Å². The number of pyridine rings is 1. The van der Waals surface area contributed by atoms with Gasteiger partial charge in [0.25, 0.3) is 0 Å². The number of nitrogens with one attached hydrogen (secondary N) is 1. The van der Waals surface area contributed by atoms with Gasteiger partial charge in [0.1, 0.15) is 5.82 Å². The Morgan fingerprint density at radius 2 is 2.19 bits per heavy atom. The molecule has 3 aromatic rings. The summed E-state index contributed by atoms with van der Waals surface area (Å²) >= 11 is 0. The molecule has 0 aliphatic heterocycles. The molecule has 1 aromatic carbocycles. The Balaban J connectivity index is 1.68. The molecule has 2 aromatic heterocycles. The molecule has 104 valence electrons. The summed E-state index contributed by atoms with van der Waals surface area (Å²) in [7, 11) is 0. The molecule has 0 amide bonds. The van der Waals surface area contributed by atoms with Crippen LogP contribution in [-0.2, 0) is 6.54 Å². The Bertz CT molecular complexity index is 772. The highest BCUT2D eigenvalue weighted by Crippen LogP contribution is 2.19. The van der Waals surface area contributed by atoms with E-state index in [2.05, 4.69) is 26.7 Å². The fraction of sp³-hybridized carbons (Fsp3) is 0.200. The summed E-state index contributed by atoms with van der Waals surface area (Å²) in [6.45, 7) is 1.56. The SMILES string of the molecule is N#Cc1cc(NCCCn2ccnn2)nc2ccccc12. The predicted octanol–water partition coefficient (Wildman–Crippen LogP) is 2.20. The summed E-state index contributed by atoms with van der Waals surface area (Å²) in [5.74, 6) is 0.726. The molecule has 0 atom stereocenters. The highest BCUT2D eigenvalue weighted by atomic mass is 15.4. The molecular weight excluding hydrogens is 264 g/mol. The number of benzene rings is 1. The van der Waals surface area contributed by atoms with E-state index in [1.807, 2.05) is 30.5 Å². The van der Waals surface area contributed by atoms with E-state index in [0.717, 1.165) is 36.2 Å². The summed E-state index contributed by atoms with van der Waals surface area (Å²) < 4.78 is 1.79. The van der Waals surface area contributed by atoms with E-state index in [9.17, 15) is 5.26 Å². The van der Waals surface area contributed by atoms with Crippen molar-refractivity contribution in [2.24, 2.45) is 0 Å². The van der Waals surface area contributed by atoms with Crippen LogP contribution in [0.2, 0.25) is 0 Å². The monoisotopic (exact) mass is 278 g/mol. The van der Waals surface area contributed by atoms with E-state index in [0.29, 0.717) is 5.56 Å². The van der Waals surface area contributed by atoms with Crippen molar-refractivity contribution in [3.05, 3.63) is 48.3 Å². The fourth-order valence-corrected chi connectivity index (χ4v) is 2.17. The Morgan fingerprint density at radius 3 is 3.00 bits per heavy atom. The first-order chi connectivity index (χ1) is 10.4. The van der Waals surface area contributed by atoms with E-state index in [-0.39, 0.29) is 0 Å². The van der Waals surface area contributed by atoms with Gasteiger partial charge in [0.15, 0.2) is 0 Å². The number of para-hydroxylation sites is 1. The number of nitrogens with zero attached hydrogens (tertiary/aromatic N) is 5. The molecule has 0 fully saturated rings. The van der Waals surface area contributed by atoms with E-state index in [4.69, 9.17) is 0 Å². The molecule has 1 N–H and O–H groups in total. The summed E-state index contributed by atoms with van der Waals surface area (Å²) in [5, 5.41) is 21.0. The van der Waals surface area contributed by atoms with Gasteiger partial charge < -0.3 is 5.32 Å². The van der Waals surface area contributed by atoms with Crippen molar-refractivity contribution in [1.82, 2.24) is 20.0 Å². The third-order valence-corrected chi connectivity index (χ3v) is 3.18. The smallest absolute Gasteiger partial charge is 0.127 e. The maximum Gasteiger partial charge on any atom is 0.127 e. The maximum absolute atomic E-state index is 9.23. The van der Waals surface area contributed by atoms with Crippen LogP contribution in [0.25, 0.3) is 10.9 Å². The molecule has 0 bridgehead atoms. The van der Waals surface area contributed by atoms with Gasteiger partial charge in [-0.2, -0.15) is 5.26 Å². The van der Waals surface area contributed by atoms with Crippen LogP contribution < -0.4 is 5.32 Å². The second-order valence-corrected chi connectivity index (χ2v) is 4.63. The summed E-state index contributed by atoms with van der Waals surface area (Å²) in [6, 6.07) is 11.7. The average Bonchev–Trinajstić information content (AvgIpc) is 3.04. The second-order valence-electron chi connectivity index (χ2n) is 4.63. The third-order valence-electron chi connectivity index (χ3n) is 3.18. The Kier molecular flexibility index (Phi) is 3.74. The number of nitriles is 1. The molecule has 0 aliphatic carbocycles. The topological polar surface area (TPSA) is 79.4 Å². The van der Waals surface area contributed by atoms with Crippen LogP contribution in [-0.4, -0.2) is 26.5 Å². The van der Waals surface area contributed by atoms with Gasteiger partial charge in [0.2, 0.25) is 0 Å². The molecule has 6 heteroatoms. The van der Waals surface area contributed by atoms with Crippen molar-refractivity contribution in [2.75, 3.05) is 11.9 Å². The van der Waals surface area contributed by atoms with Gasteiger partial charge in [-0.15, -0.1) is 5.10 Å². The van der Waals surface area contributed by atoms with Gasteiger partial charge in [-0.05, 0) is 18.6 Å². The minimum Gasteiger partial charge on any atom is -0.370 e. The van der Waals surface area contributed by atoms with Crippen molar-refractivity contribution < 1.29 is 0 Å². The maximum atomic E-state index is 9.23. The molecule has 0 saturated carbocycles. The highest BCUT2D eigenvalue weighted by molar-refractivity contribution is 5.86. The van der Waals surface area contributed by atoms with Crippen LogP contribution in [0, 0.1) is 11.3 Å². The van der Waals surface area contributed by atoms with E-state index in [1.54, 1.807) is 16.9 Å². The predicted molar refractivity (Wildman–Crippen MR) is 79.6 cm³/mol. The third kappa shape index (κ3) is 2.98. The number of aromatic nitrogens is 4. The number of fused-ring (bicyclic) bond motifs is 1. The fourth-order valence-electron chi connectivity index (χ4n) is 2.17. The summed E-state index contributed by atoms with van der Waals surface area (Å²) in [6.07, 6.45) is 4.40. The second kappa shape index (κ2) is 6.01. The average molecular weight is 278 g/mol. The van der Waals surface area contributed by atoms with Crippen molar-refractivity contribution >= 4 is 16.7 Å². The van der Waals surface area contributed by atoms with Crippen LogP contribution >= 0.6 is 0 Å². The lowest BCUT2D eigenvalue weighted by atomic mass is 10.1. The first-order valence-corrected chi connectivity index (χ1v) is 6.75. The molecule has 0 spiro atoms. The largest absolute Gasteiger partial charge is 0.370 e. The van der Waals surface area contributed by atoms with Crippen molar-refractivity contribution in [1.29, 1.82) is 5.26 Å². The Morgan fingerprint density at radius 1 is 1.29 bits per heavy atom. The summed E-state index contributed by atoms with van der Waals surface area (Å²) in [4.78, 5) is 4.52. The zero-order chi connectivity index (χ0) is 14.5. The van der Waals surface area contributed by atoms with Gasteiger partial charge in [0, 0.05) is 24.7 Å². The van der Waals surface area contributed by atoms with E-state index < -0.39 is 0 Å². The van der Waals surface area contributed by atoms with Crippen LogP contribution in [0.5, 0.6) is 0 Å². The normalized spacial score (nSPS) is 10.4. The first kappa shape index (κ1) is 13.1. The molecule has 3 rings (SSSR count). The molecule has 0 unspecified atom stereocenters. The van der Waals surface area contributed by atoms with Crippen molar-refractivity contribution in [2.45, 2.75) is 13.0 Å². The van der Waals surface area contributed by atoms with E-state index in [1.165, 1.54) is 0 Å². The molecule has 21 heavy (non-hydrogen) atoms. The Labute approximate surface area is 122 Å².